The summed E-state index contributed by atoms with van der Waals surface area (Å²) < 4.78 is 32.0. The zero-order chi connectivity index (χ0) is 19.6. The molecule has 2 saturated carbocycles. The Labute approximate surface area is 177 Å². The molecule has 0 unspecified atom stereocenters. The number of nitrogens with one attached hydrogen (secondary N) is 2. The fourth-order valence-electron chi connectivity index (χ4n) is 4.42. The van der Waals surface area contributed by atoms with Crippen LogP contribution in [0.3, 0.4) is 0 Å². The molecule has 0 radical (unpaired) electrons. The molecule has 2 N–H and O–H groups in total. The highest BCUT2D eigenvalue weighted by Gasteiger charge is 2.39. The number of halogens is 3. The van der Waals surface area contributed by atoms with Crippen molar-refractivity contribution in [2.24, 2.45) is 5.92 Å². The molecule has 1 aromatic rings. The molecule has 0 spiro atoms. The number of ether oxygens (including phenoxy) is 1. The second-order valence-electron chi connectivity index (χ2n) is 8.64. The Hall–Kier alpha value is -1.24. The minimum absolute atomic E-state index is 0. The van der Waals surface area contributed by atoms with Crippen LogP contribution in [0.25, 0.3) is 0 Å². The van der Waals surface area contributed by atoms with E-state index in [9.17, 15) is 13.6 Å². The van der Waals surface area contributed by atoms with Crippen LogP contribution in [0.15, 0.2) is 24.3 Å². The molecule has 3 aliphatic rings. The first kappa shape index (κ1) is 22.4. The van der Waals surface area contributed by atoms with Crippen LogP contribution in [0.4, 0.5) is 8.78 Å². The van der Waals surface area contributed by atoms with E-state index in [1.54, 1.807) is 0 Å². The molecule has 4 nitrogen and oxygen atoms in total. The van der Waals surface area contributed by atoms with E-state index in [0.29, 0.717) is 36.3 Å². The summed E-state index contributed by atoms with van der Waals surface area (Å²) in [6.45, 7) is 2.78. The van der Waals surface area contributed by atoms with Crippen molar-refractivity contribution in [1.29, 1.82) is 0 Å². The zero-order valence-electron chi connectivity index (χ0n) is 16.7. The van der Waals surface area contributed by atoms with Crippen LogP contribution in [-0.4, -0.2) is 43.7 Å². The molecule has 1 amide bonds. The first-order chi connectivity index (χ1) is 13.5. The van der Waals surface area contributed by atoms with Crippen LogP contribution in [0.2, 0.25) is 0 Å². The highest BCUT2D eigenvalue weighted by atomic mass is 35.5. The van der Waals surface area contributed by atoms with Gasteiger partial charge in [0.05, 0.1) is 0 Å². The number of benzene rings is 1. The van der Waals surface area contributed by atoms with Gasteiger partial charge in [-0.05, 0) is 62.3 Å². The molecule has 1 aliphatic heterocycles. The third-order valence-electron chi connectivity index (χ3n) is 6.43. The van der Waals surface area contributed by atoms with Gasteiger partial charge in [0.15, 0.2) is 0 Å². The molecule has 1 heterocycles. The fraction of sp³-hybridized carbons (Fsp3) is 0.682. The Bertz CT molecular complexity index is 687. The van der Waals surface area contributed by atoms with E-state index in [2.05, 4.69) is 16.7 Å². The van der Waals surface area contributed by atoms with Gasteiger partial charge in [0.2, 0.25) is 5.92 Å². The second kappa shape index (κ2) is 9.71. The van der Waals surface area contributed by atoms with Crippen LogP contribution in [0.1, 0.15) is 66.8 Å². The Balaban J connectivity index is 0.00000240. The smallest absolute Gasteiger partial charge is 0.251 e. The average Bonchev–Trinajstić information content (AvgIpc) is 3.49. The number of rotatable bonds is 6. The monoisotopic (exact) mass is 428 g/mol. The number of hydrogen-bond acceptors (Lipinski definition) is 3. The lowest BCUT2D eigenvalue weighted by Crippen LogP contribution is -2.40. The maximum atomic E-state index is 13.3. The normalized spacial score (nSPS) is 27.1. The molecule has 0 aromatic heterocycles. The largest absolute Gasteiger partial charge is 0.381 e. The van der Waals surface area contributed by atoms with Crippen LogP contribution in [0.5, 0.6) is 0 Å². The Morgan fingerprint density at radius 2 is 1.86 bits per heavy atom. The maximum absolute atomic E-state index is 13.3. The quantitative estimate of drug-likeness (QED) is 0.710. The predicted molar refractivity (Wildman–Crippen MR) is 111 cm³/mol. The van der Waals surface area contributed by atoms with Gasteiger partial charge in [-0.1, -0.05) is 12.1 Å². The van der Waals surface area contributed by atoms with Crippen molar-refractivity contribution in [3.63, 3.8) is 0 Å². The highest BCUT2D eigenvalue weighted by Crippen LogP contribution is 2.41. The number of alkyl halides is 2. The standard InChI is InChI=1S/C22H30F2N2O2.ClH/c23-22(24)8-4-18(5-9-22)26-21(27)17-3-1-2-16(12-17)19-13-20(19)25-14-15-6-10-28-11-7-15;/h1-3,12,15,18-20,25H,4-11,13-14H2,(H,26,27);1H/t19-,20+;/m0./s1. The van der Waals surface area contributed by atoms with Gasteiger partial charge in [-0.3, -0.25) is 4.79 Å². The van der Waals surface area contributed by atoms with Gasteiger partial charge in [0.1, 0.15) is 0 Å². The summed E-state index contributed by atoms with van der Waals surface area (Å²) in [6, 6.07) is 8.12. The van der Waals surface area contributed by atoms with Crippen molar-refractivity contribution < 1.29 is 18.3 Å². The van der Waals surface area contributed by atoms with Gasteiger partial charge in [0, 0.05) is 49.6 Å². The Kier molecular flexibility index (Phi) is 7.52. The molecule has 2 atom stereocenters. The van der Waals surface area contributed by atoms with Crippen LogP contribution in [0, 0.1) is 5.92 Å². The second-order valence-corrected chi connectivity index (χ2v) is 8.64. The summed E-state index contributed by atoms with van der Waals surface area (Å²) in [5.41, 5.74) is 1.82. The predicted octanol–water partition coefficient (Wildman–Crippen LogP) is 4.29. The lowest BCUT2D eigenvalue weighted by Gasteiger charge is -2.28. The number of carbonyl (C=O) groups excluding carboxylic acids is 1. The van der Waals surface area contributed by atoms with Crippen molar-refractivity contribution in [3.8, 4) is 0 Å². The third-order valence-corrected chi connectivity index (χ3v) is 6.43. The first-order valence-corrected chi connectivity index (χ1v) is 10.6. The molecule has 0 bridgehead atoms. The number of amides is 1. The molecular weight excluding hydrogens is 398 g/mol. The van der Waals surface area contributed by atoms with Gasteiger partial charge >= 0.3 is 0 Å². The summed E-state index contributed by atoms with van der Waals surface area (Å²) in [4.78, 5) is 12.6. The van der Waals surface area contributed by atoms with E-state index >= 15 is 0 Å². The van der Waals surface area contributed by atoms with E-state index in [0.717, 1.165) is 39.0 Å². The van der Waals surface area contributed by atoms with Crippen molar-refractivity contribution >= 4 is 18.3 Å². The molecule has 7 heteroatoms. The van der Waals surface area contributed by atoms with Crippen LogP contribution in [-0.2, 0) is 4.74 Å². The van der Waals surface area contributed by atoms with Crippen LogP contribution >= 0.6 is 12.4 Å². The van der Waals surface area contributed by atoms with E-state index in [4.69, 9.17) is 4.74 Å². The maximum Gasteiger partial charge on any atom is 0.251 e. The van der Waals surface area contributed by atoms with Gasteiger partial charge in [-0.15, -0.1) is 12.4 Å². The third kappa shape index (κ3) is 6.12. The molecule has 4 rings (SSSR count). The SMILES string of the molecule is Cl.O=C(NC1CCC(F)(F)CC1)c1cccc([C@@H]2C[C@H]2NCC2CCOCC2)c1. The Morgan fingerprint density at radius 1 is 1.14 bits per heavy atom. The molecule has 162 valence electrons. The molecule has 29 heavy (non-hydrogen) atoms. The molecule has 1 aromatic carbocycles. The zero-order valence-corrected chi connectivity index (χ0v) is 17.5. The fourth-order valence-corrected chi connectivity index (χ4v) is 4.42. The summed E-state index contributed by atoms with van der Waals surface area (Å²) in [7, 11) is 0. The van der Waals surface area contributed by atoms with Gasteiger partial charge in [-0.2, -0.15) is 0 Å². The Morgan fingerprint density at radius 3 is 2.59 bits per heavy atom. The van der Waals surface area contributed by atoms with Crippen molar-refractivity contribution in [2.75, 3.05) is 19.8 Å². The van der Waals surface area contributed by atoms with Crippen molar-refractivity contribution in [3.05, 3.63) is 35.4 Å². The average molecular weight is 429 g/mol. The van der Waals surface area contributed by atoms with Gasteiger partial charge < -0.3 is 15.4 Å². The number of carbonyl (C=O) groups is 1. The lowest BCUT2D eigenvalue weighted by atomic mass is 9.92. The van der Waals surface area contributed by atoms with E-state index in [-0.39, 0.29) is 37.2 Å². The van der Waals surface area contributed by atoms with Crippen molar-refractivity contribution in [2.45, 2.75) is 68.9 Å². The molecule has 1 saturated heterocycles. The van der Waals surface area contributed by atoms with Gasteiger partial charge in [0.25, 0.3) is 5.91 Å². The minimum Gasteiger partial charge on any atom is -0.381 e. The highest BCUT2D eigenvalue weighted by molar-refractivity contribution is 5.94. The summed E-state index contributed by atoms with van der Waals surface area (Å²) >= 11 is 0. The summed E-state index contributed by atoms with van der Waals surface area (Å²) in [5.74, 6) is -1.56. The summed E-state index contributed by atoms with van der Waals surface area (Å²) in [5, 5.41) is 6.61. The van der Waals surface area contributed by atoms with Crippen LogP contribution < -0.4 is 10.6 Å². The lowest BCUT2D eigenvalue weighted by molar-refractivity contribution is -0.0399. The van der Waals surface area contributed by atoms with E-state index in [1.807, 2.05) is 18.2 Å². The summed E-state index contributed by atoms with van der Waals surface area (Å²) in [6.07, 6.45) is 3.78. The topological polar surface area (TPSA) is 50.4 Å². The minimum atomic E-state index is -2.57. The van der Waals surface area contributed by atoms with Gasteiger partial charge in [-0.25, -0.2) is 8.78 Å². The van der Waals surface area contributed by atoms with E-state index < -0.39 is 5.92 Å². The van der Waals surface area contributed by atoms with E-state index in [1.165, 1.54) is 5.56 Å². The van der Waals surface area contributed by atoms with Crippen molar-refractivity contribution in [1.82, 2.24) is 10.6 Å². The molecule has 2 aliphatic carbocycles. The molecule has 3 fully saturated rings. The molecular formula is C22H31ClF2N2O2. The first-order valence-electron chi connectivity index (χ1n) is 10.6. The number of hydrogen-bond donors (Lipinski definition) is 2.